The van der Waals surface area contributed by atoms with E-state index in [1.165, 1.54) is 7.11 Å². The van der Waals surface area contributed by atoms with Crippen LogP contribution in [-0.2, 0) is 16.1 Å². The molecule has 0 aliphatic rings. The molecule has 5 heteroatoms. The average molecular weight is 284 g/mol. The van der Waals surface area contributed by atoms with Gasteiger partial charge in [-0.15, -0.1) is 0 Å². The van der Waals surface area contributed by atoms with Crippen molar-refractivity contribution in [2.45, 2.75) is 13.5 Å². The van der Waals surface area contributed by atoms with E-state index in [4.69, 9.17) is 16.3 Å². The van der Waals surface area contributed by atoms with Gasteiger partial charge in [0, 0.05) is 29.2 Å². The average Bonchev–Trinajstić information content (AvgIpc) is 2.43. The lowest BCUT2D eigenvalue weighted by Crippen LogP contribution is -2.15. The summed E-state index contributed by atoms with van der Waals surface area (Å²) in [5.74, 6) is 0.422. The summed E-state index contributed by atoms with van der Waals surface area (Å²) in [7, 11) is 2.97. The summed E-state index contributed by atoms with van der Waals surface area (Å²) < 4.78 is 9.85. The van der Waals surface area contributed by atoms with Crippen LogP contribution < -0.4 is 10.1 Å². The largest absolute Gasteiger partial charge is 0.496 e. The first kappa shape index (κ1) is 15.5. The van der Waals surface area contributed by atoms with E-state index in [2.05, 4.69) is 10.1 Å². The molecule has 0 bridgehead atoms. The first-order valence-electron chi connectivity index (χ1n) is 5.87. The molecule has 0 aliphatic carbocycles. The van der Waals surface area contributed by atoms with Gasteiger partial charge in [-0.2, -0.15) is 0 Å². The SMILES string of the molecule is COC(=O)/C(C)=C/CNCc1c(Cl)cccc1OC. The minimum atomic E-state index is -0.322. The third-order valence-electron chi connectivity index (χ3n) is 2.66. The fraction of sp³-hybridized carbons (Fsp3) is 0.357. The van der Waals surface area contributed by atoms with Crippen LogP contribution in [0.2, 0.25) is 5.02 Å². The third kappa shape index (κ3) is 4.58. The minimum Gasteiger partial charge on any atom is -0.496 e. The van der Waals surface area contributed by atoms with Gasteiger partial charge in [0.2, 0.25) is 0 Å². The molecule has 0 saturated heterocycles. The molecule has 1 rings (SSSR count). The van der Waals surface area contributed by atoms with Crippen molar-refractivity contribution < 1.29 is 14.3 Å². The van der Waals surface area contributed by atoms with Gasteiger partial charge < -0.3 is 14.8 Å². The van der Waals surface area contributed by atoms with Crippen LogP contribution in [-0.4, -0.2) is 26.7 Å². The van der Waals surface area contributed by atoms with Gasteiger partial charge in [0.25, 0.3) is 0 Å². The van der Waals surface area contributed by atoms with Crippen molar-refractivity contribution in [1.29, 1.82) is 0 Å². The van der Waals surface area contributed by atoms with Crippen LogP contribution in [0.25, 0.3) is 0 Å². The molecule has 0 saturated carbocycles. The van der Waals surface area contributed by atoms with Crippen LogP contribution in [0.15, 0.2) is 29.8 Å². The first-order chi connectivity index (χ1) is 9.10. The van der Waals surface area contributed by atoms with E-state index in [-0.39, 0.29) is 5.97 Å². The van der Waals surface area contributed by atoms with E-state index < -0.39 is 0 Å². The van der Waals surface area contributed by atoms with Crippen LogP contribution in [0.4, 0.5) is 0 Å². The highest BCUT2D eigenvalue weighted by molar-refractivity contribution is 6.31. The molecule has 0 unspecified atom stereocenters. The molecule has 104 valence electrons. The number of rotatable bonds is 6. The zero-order valence-electron chi connectivity index (χ0n) is 11.3. The predicted octanol–water partition coefficient (Wildman–Crippen LogP) is 2.56. The van der Waals surface area contributed by atoms with Gasteiger partial charge >= 0.3 is 5.97 Å². The maximum Gasteiger partial charge on any atom is 0.333 e. The number of halogens is 1. The number of methoxy groups -OCH3 is 2. The summed E-state index contributed by atoms with van der Waals surface area (Å²) in [4.78, 5) is 11.2. The number of hydrogen-bond acceptors (Lipinski definition) is 4. The topological polar surface area (TPSA) is 47.6 Å². The molecule has 0 amide bonds. The van der Waals surface area contributed by atoms with Crippen LogP contribution >= 0.6 is 11.6 Å². The summed E-state index contributed by atoms with van der Waals surface area (Å²) >= 11 is 6.11. The third-order valence-corrected chi connectivity index (χ3v) is 3.01. The highest BCUT2D eigenvalue weighted by atomic mass is 35.5. The van der Waals surface area contributed by atoms with Crippen LogP contribution in [0.1, 0.15) is 12.5 Å². The van der Waals surface area contributed by atoms with E-state index in [0.29, 0.717) is 23.7 Å². The second kappa shape index (κ2) is 7.81. The molecular weight excluding hydrogens is 266 g/mol. The Morgan fingerprint density at radius 2 is 2.16 bits per heavy atom. The molecule has 0 radical (unpaired) electrons. The smallest absolute Gasteiger partial charge is 0.333 e. The summed E-state index contributed by atoms with van der Waals surface area (Å²) in [6, 6.07) is 5.51. The van der Waals surface area contributed by atoms with Gasteiger partial charge in [-0.05, 0) is 19.1 Å². The lowest BCUT2D eigenvalue weighted by atomic mass is 10.2. The molecule has 4 nitrogen and oxygen atoms in total. The van der Waals surface area contributed by atoms with E-state index in [9.17, 15) is 4.79 Å². The van der Waals surface area contributed by atoms with Gasteiger partial charge in [0.1, 0.15) is 5.75 Å². The fourth-order valence-corrected chi connectivity index (χ4v) is 1.80. The van der Waals surface area contributed by atoms with Crippen molar-refractivity contribution >= 4 is 17.6 Å². The van der Waals surface area contributed by atoms with E-state index in [0.717, 1.165) is 11.3 Å². The van der Waals surface area contributed by atoms with Crippen molar-refractivity contribution in [1.82, 2.24) is 5.32 Å². The molecule has 1 aromatic carbocycles. The number of esters is 1. The molecule has 0 atom stereocenters. The normalized spacial score (nSPS) is 11.3. The van der Waals surface area contributed by atoms with E-state index in [1.807, 2.05) is 18.2 Å². The molecule has 1 aromatic rings. The summed E-state index contributed by atoms with van der Waals surface area (Å²) in [5, 5.41) is 3.83. The Balaban J connectivity index is 2.57. The number of carbonyl (C=O) groups is 1. The molecular formula is C14H18ClNO3. The second-order valence-corrected chi connectivity index (χ2v) is 4.34. The summed E-state index contributed by atoms with van der Waals surface area (Å²) in [5.41, 5.74) is 1.47. The van der Waals surface area contributed by atoms with E-state index >= 15 is 0 Å². The quantitative estimate of drug-likeness (QED) is 0.495. The molecule has 19 heavy (non-hydrogen) atoms. The van der Waals surface area contributed by atoms with Crippen molar-refractivity contribution in [3.05, 3.63) is 40.4 Å². The highest BCUT2D eigenvalue weighted by Crippen LogP contribution is 2.25. The van der Waals surface area contributed by atoms with Gasteiger partial charge in [-0.1, -0.05) is 23.7 Å². The highest BCUT2D eigenvalue weighted by Gasteiger charge is 2.06. The Morgan fingerprint density at radius 3 is 2.79 bits per heavy atom. The van der Waals surface area contributed by atoms with E-state index in [1.54, 1.807) is 20.1 Å². The zero-order chi connectivity index (χ0) is 14.3. The lowest BCUT2D eigenvalue weighted by molar-refractivity contribution is -0.136. The number of ether oxygens (including phenoxy) is 2. The standard InChI is InChI=1S/C14H18ClNO3/c1-10(14(17)19-3)7-8-16-9-11-12(15)5-4-6-13(11)18-2/h4-7,16H,8-9H2,1-3H3/b10-7+. The van der Waals surface area contributed by atoms with Gasteiger partial charge in [0.05, 0.1) is 14.2 Å². The fourth-order valence-electron chi connectivity index (χ4n) is 1.57. The Kier molecular flexibility index (Phi) is 6.39. The number of hydrogen-bond donors (Lipinski definition) is 1. The molecule has 0 fully saturated rings. The number of nitrogens with one attached hydrogen (secondary N) is 1. The van der Waals surface area contributed by atoms with Crippen LogP contribution in [0.3, 0.4) is 0 Å². The Hall–Kier alpha value is -1.52. The number of carbonyl (C=O) groups excluding carboxylic acids is 1. The Morgan fingerprint density at radius 1 is 1.42 bits per heavy atom. The molecule has 0 aromatic heterocycles. The van der Waals surface area contributed by atoms with Crippen LogP contribution in [0, 0.1) is 0 Å². The minimum absolute atomic E-state index is 0.322. The van der Waals surface area contributed by atoms with Crippen molar-refractivity contribution in [2.24, 2.45) is 0 Å². The lowest BCUT2D eigenvalue weighted by Gasteiger charge is -2.10. The maximum atomic E-state index is 11.2. The molecule has 0 aliphatic heterocycles. The summed E-state index contributed by atoms with van der Waals surface area (Å²) in [6.45, 7) is 2.83. The zero-order valence-corrected chi connectivity index (χ0v) is 12.1. The van der Waals surface area contributed by atoms with Crippen molar-refractivity contribution in [3.63, 3.8) is 0 Å². The number of benzene rings is 1. The molecule has 1 N–H and O–H groups in total. The first-order valence-corrected chi connectivity index (χ1v) is 6.25. The predicted molar refractivity (Wildman–Crippen MR) is 75.5 cm³/mol. The van der Waals surface area contributed by atoms with Crippen molar-refractivity contribution in [3.8, 4) is 5.75 Å². The van der Waals surface area contributed by atoms with Crippen LogP contribution in [0.5, 0.6) is 5.75 Å². The maximum absolute atomic E-state index is 11.2. The van der Waals surface area contributed by atoms with Gasteiger partial charge in [-0.3, -0.25) is 0 Å². The monoisotopic (exact) mass is 283 g/mol. The molecule has 0 spiro atoms. The molecule has 0 heterocycles. The van der Waals surface area contributed by atoms with Crippen molar-refractivity contribution in [2.75, 3.05) is 20.8 Å². The van der Waals surface area contributed by atoms with Gasteiger partial charge in [0.15, 0.2) is 0 Å². The second-order valence-electron chi connectivity index (χ2n) is 3.93. The summed E-state index contributed by atoms with van der Waals surface area (Å²) in [6.07, 6.45) is 1.77. The Labute approximate surface area is 118 Å². The van der Waals surface area contributed by atoms with Gasteiger partial charge in [-0.25, -0.2) is 4.79 Å². The Bertz CT molecular complexity index is 472.